The average Bonchev–Trinajstić information content (AvgIpc) is 3.10. The maximum atomic E-state index is 12.3. The number of aromatic nitrogens is 1. The topological polar surface area (TPSA) is 94.3 Å². The van der Waals surface area contributed by atoms with Crippen LogP contribution in [0.25, 0.3) is 10.6 Å². The van der Waals surface area contributed by atoms with Crippen LogP contribution in [-0.2, 0) is 11.2 Å². The van der Waals surface area contributed by atoms with E-state index in [4.69, 9.17) is 10.5 Å². The van der Waals surface area contributed by atoms with Gasteiger partial charge in [-0.05, 0) is 37.3 Å². The molecule has 1 heterocycles. The summed E-state index contributed by atoms with van der Waals surface area (Å²) in [4.78, 5) is 28.1. The Morgan fingerprint density at radius 3 is 2.78 bits per heavy atom. The summed E-state index contributed by atoms with van der Waals surface area (Å²) in [6.07, 6.45) is 0.133. The Balaban J connectivity index is 1.70. The summed E-state index contributed by atoms with van der Waals surface area (Å²) in [5.41, 5.74) is 7.70. The van der Waals surface area contributed by atoms with E-state index in [9.17, 15) is 9.59 Å². The number of nitrogens with zero attached hydrogens (tertiary/aromatic N) is 1. The molecule has 3 N–H and O–H groups in total. The van der Waals surface area contributed by atoms with Gasteiger partial charge in [0, 0.05) is 16.6 Å². The number of hydrogen-bond donors (Lipinski definition) is 2. The Labute approximate surface area is 161 Å². The zero-order valence-corrected chi connectivity index (χ0v) is 15.6. The standard InChI is InChI=1S/C20H19N3O3S/c1-2-26-17-9-4-3-8-16(17)20-23-15(12-27-20)11-18(24)22-14-7-5-6-13(10-14)19(21)25/h3-10,12H,2,11H2,1H3,(H2,21,25)(H,22,24). The van der Waals surface area contributed by atoms with Gasteiger partial charge in [-0.2, -0.15) is 0 Å². The molecular formula is C20H19N3O3S. The quantitative estimate of drug-likeness (QED) is 0.655. The first kappa shape index (κ1) is 18.6. The van der Waals surface area contributed by atoms with E-state index in [2.05, 4.69) is 10.3 Å². The van der Waals surface area contributed by atoms with E-state index in [1.807, 2.05) is 36.6 Å². The first-order chi connectivity index (χ1) is 13.1. The molecule has 0 radical (unpaired) electrons. The highest BCUT2D eigenvalue weighted by Crippen LogP contribution is 2.32. The predicted molar refractivity (Wildman–Crippen MR) is 106 cm³/mol. The van der Waals surface area contributed by atoms with Crippen molar-refractivity contribution in [3.8, 4) is 16.3 Å². The van der Waals surface area contributed by atoms with E-state index in [1.165, 1.54) is 11.3 Å². The van der Waals surface area contributed by atoms with Gasteiger partial charge in [0.25, 0.3) is 0 Å². The molecule has 1 aromatic heterocycles. The van der Waals surface area contributed by atoms with Crippen molar-refractivity contribution in [1.82, 2.24) is 4.98 Å². The number of para-hydroxylation sites is 1. The van der Waals surface area contributed by atoms with E-state index in [1.54, 1.807) is 24.3 Å². The van der Waals surface area contributed by atoms with Gasteiger partial charge in [-0.3, -0.25) is 9.59 Å². The zero-order chi connectivity index (χ0) is 19.2. The van der Waals surface area contributed by atoms with E-state index >= 15 is 0 Å². The number of ether oxygens (including phenoxy) is 1. The van der Waals surface area contributed by atoms with Crippen molar-refractivity contribution in [2.45, 2.75) is 13.3 Å². The minimum atomic E-state index is -0.539. The average molecular weight is 381 g/mol. The zero-order valence-electron chi connectivity index (χ0n) is 14.8. The summed E-state index contributed by atoms with van der Waals surface area (Å²) in [6, 6.07) is 14.2. The molecule has 0 fully saturated rings. The number of rotatable bonds is 7. The third-order valence-corrected chi connectivity index (χ3v) is 4.67. The second kappa shape index (κ2) is 8.46. The number of carbonyl (C=O) groups excluding carboxylic acids is 2. The Morgan fingerprint density at radius 1 is 1.19 bits per heavy atom. The van der Waals surface area contributed by atoms with Crippen LogP contribution in [-0.4, -0.2) is 23.4 Å². The van der Waals surface area contributed by atoms with Crippen LogP contribution in [0.15, 0.2) is 53.9 Å². The number of nitrogens with two attached hydrogens (primary N) is 1. The fourth-order valence-corrected chi connectivity index (χ4v) is 3.41. The van der Waals surface area contributed by atoms with E-state index in [0.29, 0.717) is 23.6 Å². The van der Waals surface area contributed by atoms with Crippen LogP contribution in [0.2, 0.25) is 0 Å². The largest absolute Gasteiger partial charge is 0.493 e. The van der Waals surface area contributed by atoms with Crippen molar-refractivity contribution < 1.29 is 14.3 Å². The molecule has 6 nitrogen and oxygen atoms in total. The molecule has 2 amide bonds. The van der Waals surface area contributed by atoms with Gasteiger partial charge in [0.1, 0.15) is 10.8 Å². The summed E-state index contributed by atoms with van der Waals surface area (Å²) in [5.74, 6) is 0.0170. The van der Waals surface area contributed by atoms with Gasteiger partial charge in [0.05, 0.1) is 24.3 Å². The Kier molecular flexibility index (Phi) is 5.83. The van der Waals surface area contributed by atoms with Gasteiger partial charge >= 0.3 is 0 Å². The van der Waals surface area contributed by atoms with Crippen LogP contribution >= 0.6 is 11.3 Å². The molecule has 0 aliphatic rings. The molecule has 7 heteroatoms. The second-order valence-corrected chi connectivity index (χ2v) is 6.60. The Hall–Kier alpha value is -3.19. The number of carbonyl (C=O) groups is 2. The molecule has 138 valence electrons. The lowest BCUT2D eigenvalue weighted by molar-refractivity contribution is -0.115. The van der Waals surface area contributed by atoms with E-state index in [-0.39, 0.29) is 12.3 Å². The van der Waals surface area contributed by atoms with Crippen molar-refractivity contribution in [1.29, 1.82) is 0 Å². The summed E-state index contributed by atoms with van der Waals surface area (Å²) in [5, 5.41) is 5.42. The Morgan fingerprint density at radius 2 is 2.00 bits per heavy atom. The molecule has 0 spiro atoms. The van der Waals surface area contributed by atoms with Crippen LogP contribution in [0, 0.1) is 0 Å². The lowest BCUT2D eigenvalue weighted by atomic mass is 10.2. The highest BCUT2D eigenvalue weighted by molar-refractivity contribution is 7.13. The minimum Gasteiger partial charge on any atom is -0.493 e. The monoisotopic (exact) mass is 381 g/mol. The van der Waals surface area contributed by atoms with Gasteiger partial charge in [-0.1, -0.05) is 18.2 Å². The summed E-state index contributed by atoms with van der Waals surface area (Å²) in [6.45, 7) is 2.50. The number of thiazole rings is 1. The fourth-order valence-electron chi connectivity index (χ4n) is 2.56. The first-order valence-corrected chi connectivity index (χ1v) is 9.31. The van der Waals surface area contributed by atoms with Gasteiger partial charge in [0.2, 0.25) is 11.8 Å². The third kappa shape index (κ3) is 4.71. The number of hydrogen-bond acceptors (Lipinski definition) is 5. The maximum Gasteiger partial charge on any atom is 0.248 e. The van der Waals surface area contributed by atoms with Crippen molar-refractivity contribution in [3.63, 3.8) is 0 Å². The van der Waals surface area contributed by atoms with Crippen molar-refractivity contribution in [3.05, 3.63) is 65.2 Å². The lowest BCUT2D eigenvalue weighted by Gasteiger charge is -2.07. The van der Waals surface area contributed by atoms with E-state index < -0.39 is 5.91 Å². The van der Waals surface area contributed by atoms with Crippen LogP contribution in [0.4, 0.5) is 5.69 Å². The normalized spacial score (nSPS) is 10.4. The summed E-state index contributed by atoms with van der Waals surface area (Å²) >= 11 is 1.47. The molecule has 27 heavy (non-hydrogen) atoms. The van der Waals surface area contributed by atoms with Crippen molar-refractivity contribution in [2.24, 2.45) is 5.73 Å². The molecular weight excluding hydrogens is 362 g/mol. The number of anilines is 1. The fraction of sp³-hybridized carbons (Fsp3) is 0.150. The Bertz CT molecular complexity index is 968. The third-order valence-electron chi connectivity index (χ3n) is 3.74. The van der Waals surface area contributed by atoms with Crippen LogP contribution in [0.1, 0.15) is 23.0 Å². The molecule has 3 rings (SSSR count). The van der Waals surface area contributed by atoms with Crippen LogP contribution in [0.3, 0.4) is 0 Å². The first-order valence-electron chi connectivity index (χ1n) is 8.43. The predicted octanol–water partition coefficient (Wildman–Crippen LogP) is 3.49. The molecule has 0 atom stereocenters. The SMILES string of the molecule is CCOc1ccccc1-c1nc(CC(=O)Nc2cccc(C(N)=O)c2)cs1. The van der Waals surface area contributed by atoms with Gasteiger partial charge < -0.3 is 15.8 Å². The summed E-state index contributed by atoms with van der Waals surface area (Å²) in [7, 11) is 0. The molecule has 0 unspecified atom stereocenters. The number of nitrogens with one attached hydrogen (secondary N) is 1. The maximum absolute atomic E-state index is 12.3. The van der Waals surface area contributed by atoms with Crippen molar-refractivity contribution in [2.75, 3.05) is 11.9 Å². The smallest absolute Gasteiger partial charge is 0.248 e. The molecule has 0 saturated heterocycles. The molecule has 0 aliphatic heterocycles. The van der Waals surface area contributed by atoms with Gasteiger partial charge in [-0.15, -0.1) is 11.3 Å². The number of primary amides is 1. The van der Waals surface area contributed by atoms with E-state index in [0.717, 1.165) is 16.3 Å². The number of benzene rings is 2. The van der Waals surface area contributed by atoms with Gasteiger partial charge in [-0.25, -0.2) is 4.98 Å². The van der Waals surface area contributed by atoms with Gasteiger partial charge in [0.15, 0.2) is 0 Å². The summed E-state index contributed by atoms with van der Waals surface area (Å²) < 4.78 is 5.64. The highest BCUT2D eigenvalue weighted by atomic mass is 32.1. The highest BCUT2D eigenvalue weighted by Gasteiger charge is 2.13. The van der Waals surface area contributed by atoms with Crippen LogP contribution in [0.5, 0.6) is 5.75 Å². The lowest BCUT2D eigenvalue weighted by Crippen LogP contribution is -2.16. The molecule has 0 bridgehead atoms. The van der Waals surface area contributed by atoms with Crippen LogP contribution < -0.4 is 15.8 Å². The molecule has 2 aromatic carbocycles. The minimum absolute atomic E-state index is 0.133. The molecule has 3 aromatic rings. The molecule has 0 saturated carbocycles. The molecule has 0 aliphatic carbocycles. The second-order valence-electron chi connectivity index (χ2n) is 5.74. The number of amides is 2. The van der Waals surface area contributed by atoms with Crippen molar-refractivity contribution >= 4 is 28.8 Å².